The van der Waals surface area contributed by atoms with Crippen LogP contribution in [0.25, 0.3) is 11.1 Å². The monoisotopic (exact) mass is 337 g/mol. The highest BCUT2D eigenvalue weighted by Gasteiger charge is 2.21. The van der Waals surface area contributed by atoms with Crippen molar-refractivity contribution in [1.82, 2.24) is 14.8 Å². The van der Waals surface area contributed by atoms with E-state index in [2.05, 4.69) is 11.4 Å². The van der Waals surface area contributed by atoms with Gasteiger partial charge in [-0.15, -0.1) is 0 Å². The van der Waals surface area contributed by atoms with Crippen LogP contribution in [0.3, 0.4) is 0 Å². The van der Waals surface area contributed by atoms with Crippen LogP contribution in [0.4, 0.5) is 0 Å². The Morgan fingerprint density at radius 2 is 2.00 bits per heavy atom. The first-order valence-electron chi connectivity index (χ1n) is 8.29. The summed E-state index contributed by atoms with van der Waals surface area (Å²) in [6, 6.07) is 11.7. The van der Waals surface area contributed by atoms with Crippen LogP contribution >= 0.6 is 0 Å². The van der Waals surface area contributed by atoms with E-state index >= 15 is 0 Å². The molecule has 6 heteroatoms. The lowest BCUT2D eigenvalue weighted by Gasteiger charge is -2.29. The highest BCUT2D eigenvalue weighted by atomic mass is 16.3. The SMILES string of the molecule is Cn1c(C(=O)NCC(=O)N2CCc3ccccc3C2)cc2occc21. The molecule has 4 rings (SSSR count). The van der Waals surface area contributed by atoms with Gasteiger partial charge in [0, 0.05) is 32.3 Å². The molecule has 0 aliphatic carbocycles. The van der Waals surface area contributed by atoms with Crippen LogP contribution in [0.15, 0.2) is 47.1 Å². The highest BCUT2D eigenvalue weighted by molar-refractivity contribution is 5.99. The number of nitrogens with one attached hydrogen (secondary N) is 1. The molecule has 1 N–H and O–H groups in total. The third kappa shape index (κ3) is 2.80. The van der Waals surface area contributed by atoms with Gasteiger partial charge in [-0.1, -0.05) is 24.3 Å². The number of carbonyl (C=O) groups is 2. The minimum atomic E-state index is -0.278. The second-order valence-corrected chi connectivity index (χ2v) is 6.28. The van der Waals surface area contributed by atoms with E-state index in [1.54, 1.807) is 28.8 Å². The van der Waals surface area contributed by atoms with Crippen LogP contribution < -0.4 is 5.32 Å². The average Bonchev–Trinajstić information content (AvgIpc) is 3.22. The lowest BCUT2D eigenvalue weighted by Crippen LogP contribution is -2.42. The summed E-state index contributed by atoms with van der Waals surface area (Å²) in [5.74, 6) is -0.347. The lowest BCUT2D eigenvalue weighted by atomic mass is 10.00. The zero-order valence-electron chi connectivity index (χ0n) is 14.0. The number of nitrogens with zero attached hydrogens (tertiary/aromatic N) is 2. The van der Waals surface area contributed by atoms with Crippen molar-refractivity contribution in [3.8, 4) is 0 Å². The van der Waals surface area contributed by atoms with E-state index in [4.69, 9.17) is 4.42 Å². The van der Waals surface area contributed by atoms with Crippen molar-refractivity contribution < 1.29 is 14.0 Å². The molecule has 1 aromatic carbocycles. The Balaban J connectivity index is 1.39. The molecular formula is C19H19N3O3. The predicted molar refractivity (Wildman–Crippen MR) is 93.1 cm³/mol. The fraction of sp³-hybridized carbons (Fsp3) is 0.263. The molecule has 3 heterocycles. The van der Waals surface area contributed by atoms with Gasteiger partial charge in [-0.05, 0) is 17.5 Å². The molecule has 0 fully saturated rings. The Morgan fingerprint density at radius 1 is 1.20 bits per heavy atom. The van der Waals surface area contributed by atoms with E-state index in [1.165, 1.54) is 11.1 Å². The molecule has 0 bridgehead atoms. The van der Waals surface area contributed by atoms with Crippen molar-refractivity contribution in [2.75, 3.05) is 13.1 Å². The first-order valence-corrected chi connectivity index (χ1v) is 8.29. The average molecular weight is 337 g/mol. The normalized spacial score (nSPS) is 13.7. The summed E-state index contributed by atoms with van der Waals surface area (Å²) in [5, 5.41) is 2.72. The molecule has 6 nitrogen and oxygen atoms in total. The Bertz CT molecular complexity index is 954. The second kappa shape index (κ2) is 6.12. The van der Waals surface area contributed by atoms with Crippen molar-refractivity contribution in [3.05, 3.63) is 59.5 Å². The zero-order valence-corrected chi connectivity index (χ0v) is 14.0. The molecule has 0 atom stereocenters. The Hall–Kier alpha value is -3.02. The fourth-order valence-corrected chi connectivity index (χ4v) is 3.33. The second-order valence-electron chi connectivity index (χ2n) is 6.28. The molecule has 3 aromatic rings. The first-order chi connectivity index (χ1) is 12.1. The lowest BCUT2D eigenvalue weighted by molar-refractivity contribution is -0.131. The molecule has 1 aliphatic heterocycles. The topological polar surface area (TPSA) is 67.5 Å². The molecule has 2 aromatic heterocycles. The number of furan rings is 1. The standard InChI is InChI=1S/C19H19N3O3/c1-21-15-7-9-25-17(15)10-16(21)19(24)20-11-18(23)22-8-6-13-4-2-3-5-14(13)12-22/h2-5,7,9-10H,6,8,11-12H2,1H3,(H,20,24). The van der Waals surface area contributed by atoms with Crippen molar-refractivity contribution in [1.29, 1.82) is 0 Å². The largest absolute Gasteiger partial charge is 0.463 e. The number of aryl methyl sites for hydroxylation is 1. The maximum Gasteiger partial charge on any atom is 0.268 e. The number of fused-ring (bicyclic) bond motifs is 2. The third-order valence-electron chi connectivity index (χ3n) is 4.78. The maximum absolute atomic E-state index is 12.4. The number of amides is 2. The van der Waals surface area contributed by atoms with E-state index in [0.29, 0.717) is 24.4 Å². The summed E-state index contributed by atoms with van der Waals surface area (Å²) in [6.07, 6.45) is 2.44. The number of hydrogen-bond donors (Lipinski definition) is 1. The molecule has 2 amide bonds. The minimum Gasteiger partial charge on any atom is -0.463 e. The van der Waals surface area contributed by atoms with E-state index in [9.17, 15) is 9.59 Å². The number of carbonyl (C=O) groups excluding carboxylic acids is 2. The van der Waals surface area contributed by atoms with Gasteiger partial charge < -0.3 is 19.2 Å². The molecule has 0 saturated carbocycles. The minimum absolute atomic E-state index is 0.00641. The Morgan fingerprint density at radius 3 is 2.80 bits per heavy atom. The predicted octanol–water partition coefficient (Wildman–Crippen LogP) is 2.09. The molecule has 25 heavy (non-hydrogen) atoms. The highest BCUT2D eigenvalue weighted by Crippen LogP contribution is 2.20. The number of rotatable bonds is 3. The van der Waals surface area contributed by atoms with Crippen LogP contribution in [0.5, 0.6) is 0 Å². The smallest absolute Gasteiger partial charge is 0.268 e. The van der Waals surface area contributed by atoms with E-state index in [0.717, 1.165) is 11.9 Å². The van der Waals surface area contributed by atoms with Gasteiger partial charge in [-0.25, -0.2) is 0 Å². The van der Waals surface area contributed by atoms with Gasteiger partial charge in [0.2, 0.25) is 5.91 Å². The first kappa shape index (κ1) is 15.5. The van der Waals surface area contributed by atoms with E-state index in [-0.39, 0.29) is 18.4 Å². The van der Waals surface area contributed by atoms with Crippen LogP contribution in [-0.4, -0.2) is 34.4 Å². The Kier molecular flexibility index (Phi) is 3.80. The van der Waals surface area contributed by atoms with Gasteiger partial charge in [-0.2, -0.15) is 0 Å². The summed E-state index contributed by atoms with van der Waals surface area (Å²) in [6.45, 7) is 1.28. The van der Waals surface area contributed by atoms with Gasteiger partial charge in [0.05, 0.1) is 18.3 Å². The fourth-order valence-electron chi connectivity index (χ4n) is 3.33. The van der Waals surface area contributed by atoms with Crippen LogP contribution in [-0.2, 0) is 24.8 Å². The number of benzene rings is 1. The number of hydrogen-bond acceptors (Lipinski definition) is 3. The molecule has 128 valence electrons. The van der Waals surface area contributed by atoms with Gasteiger partial charge in [-0.3, -0.25) is 9.59 Å². The van der Waals surface area contributed by atoms with Crippen LogP contribution in [0.2, 0.25) is 0 Å². The third-order valence-corrected chi connectivity index (χ3v) is 4.78. The summed E-state index contributed by atoms with van der Waals surface area (Å²) < 4.78 is 7.07. The summed E-state index contributed by atoms with van der Waals surface area (Å²) in [7, 11) is 1.80. The molecule has 0 saturated heterocycles. The summed E-state index contributed by atoms with van der Waals surface area (Å²) in [4.78, 5) is 26.6. The van der Waals surface area contributed by atoms with Gasteiger partial charge >= 0.3 is 0 Å². The van der Waals surface area contributed by atoms with Gasteiger partial charge in [0.1, 0.15) is 5.69 Å². The van der Waals surface area contributed by atoms with E-state index in [1.807, 2.05) is 24.3 Å². The summed E-state index contributed by atoms with van der Waals surface area (Å²) in [5.41, 5.74) is 4.46. The zero-order chi connectivity index (χ0) is 17.4. The van der Waals surface area contributed by atoms with Crippen LogP contribution in [0, 0.1) is 0 Å². The Labute approximate surface area is 145 Å². The van der Waals surface area contributed by atoms with Crippen molar-refractivity contribution in [3.63, 3.8) is 0 Å². The van der Waals surface area contributed by atoms with Crippen molar-refractivity contribution in [2.45, 2.75) is 13.0 Å². The molecule has 0 radical (unpaired) electrons. The van der Waals surface area contributed by atoms with Gasteiger partial charge in [0.25, 0.3) is 5.91 Å². The number of aromatic nitrogens is 1. The van der Waals surface area contributed by atoms with Crippen LogP contribution in [0.1, 0.15) is 21.6 Å². The molecular weight excluding hydrogens is 318 g/mol. The van der Waals surface area contributed by atoms with Gasteiger partial charge in [0.15, 0.2) is 5.58 Å². The van der Waals surface area contributed by atoms with Crippen molar-refractivity contribution >= 4 is 22.9 Å². The quantitative estimate of drug-likeness (QED) is 0.796. The maximum atomic E-state index is 12.4. The van der Waals surface area contributed by atoms with Crippen molar-refractivity contribution in [2.24, 2.45) is 7.05 Å². The van der Waals surface area contributed by atoms with E-state index < -0.39 is 0 Å². The molecule has 0 spiro atoms. The molecule has 0 unspecified atom stereocenters. The summed E-state index contributed by atoms with van der Waals surface area (Å²) >= 11 is 0. The molecule has 1 aliphatic rings.